The molecule has 1 aromatic heterocycles. The van der Waals surface area contributed by atoms with Crippen molar-refractivity contribution >= 4 is 0 Å². The van der Waals surface area contributed by atoms with E-state index in [0.717, 1.165) is 18.4 Å². The SMILES string of the molecule is CCC(CC)(CN)c1nc(-c2ccc(O)cc2)no1. The lowest BCUT2D eigenvalue weighted by molar-refractivity contribution is 0.267. The third kappa shape index (κ3) is 2.46. The third-order valence-electron chi connectivity index (χ3n) is 3.75. The second-order valence-electron chi connectivity index (χ2n) is 4.66. The normalized spacial score (nSPS) is 11.7. The van der Waals surface area contributed by atoms with E-state index in [4.69, 9.17) is 10.3 Å². The van der Waals surface area contributed by atoms with Crippen LogP contribution < -0.4 is 5.73 Å². The van der Waals surface area contributed by atoms with Crippen LogP contribution >= 0.6 is 0 Å². The molecule has 0 aliphatic heterocycles. The van der Waals surface area contributed by atoms with Crippen LogP contribution in [0.4, 0.5) is 0 Å². The van der Waals surface area contributed by atoms with Gasteiger partial charge in [0, 0.05) is 12.1 Å². The minimum Gasteiger partial charge on any atom is -0.508 e. The van der Waals surface area contributed by atoms with Crippen molar-refractivity contribution in [1.82, 2.24) is 10.1 Å². The molecule has 3 N–H and O–H groups in total. The van der Waals surface area contributed by atoms with Gasteiger partial charge in [-0.3, -0.25) is 0 Å². The Kier molecular flexibility index (Phi) is 3.85. The molecule has 2 aromatic rings. The van der Waals surface area contributed by atoms with E-state index in [1.807, 2.05) is 0 Å². The van der Waals surface area contributed by atoms with Crippen molar-refractivity contribution < 1.29 is 9.63 Å². The van der Waals surface area contributed by atoms with Crippen LogP contribution in [0.25, 0.3) is 11.4 Å². The lowest BCUT2D eigenvalue weighted by Gasteiger charge is -2.24. The number of phenolic OH excluding ortho intramolecular Hbond substituents is 1. The van der Waals surface area contributed by atoms with Gasteiger partial charge < -0.3 is 15.4 Å². The van der Waals surface area contributed by atoms with Crippen molar-refractivity contribution in [2.24, 2.45) is 5.73 Å². The molecule has 0 spiro atoms. The van der Waals surface area contributed by atoms with Crippen LogP contribution in [0.1, 0.15) is 32.6 Å². The molecule has 0 saturated carbocycles. The summed E-state index contributed by atoms with van der Waals surface area (Å²) in [4.78, 5) is 4.46. The summed E-state index contributed by atoms with van der Waals surface area (Å²) in [6.07, 6.45) is 1.72. The minimum atomic E-state index is -0.248. The predicted octanol–water partition coefficient (Wildman–Crippen LogP) is 2.46. The smallest absolute Gasteiger partial charge is 0.234 e. The first kappa shape index (κ1) is 13.5. The second-order valence-corrected chi connectivity index (χ2v) is 4.66. The van der Waals surface area contributed by atoms with Gasteiger partial charge >= 0.3 is 0 Å². The molecule has 0 radical (unpaired) electrons. The molecule has 0 bridgehead atoms. The zero-order valence-electron chi connectivity index (χ0n) is 11.3. The molecule has 19 heavy (non-hydrogen) atoms. The molecule has 102 valence electrons. The fourth-order valence-corrected chi connectivity index (χ4v) is 2.10. The summed E-state index contributed by atoms with van der Waals surface area (Å²) in [6, 6.07) is 6.71. The van der Waals surface area contributed by atoms with Gasteiger partial charge in [0.15, 0.2) is 0 Å². The Balaban J connectivity index is 2.35. The van der Waals surface area contributed by atoms with E-state index in [0.29, 0.717) is 18.3 Å². The summed E-state index contributed by atoms with van der Waals surface area (Å²) in [7, 11) is 0. The first-order chi connectivity index (χ1) is 9.15. The highest BCUT2D eigenvalue weighted by Gasteiger charge is 2.33. The first-order valence-electron chi connectivity index (χ1n) is 6.49. The lowest BCUT2D eigenvalue weighted by Crippen LogP contribution is -2.34. The number of hydrogen-bond donors (Lipinski definition) is 2. The standard InChI is InChI=1S/C14H19N3O2/c1-3-14(4-2,9-15)13-16-12(17-19-13)10-5-7-11(18)8-6-10/h5-8,18H,3-4,9,15H2,1-2H3. The zero-order chi connectivity index (χ0) is 13.9. The van der Waals surface area contributed by atoms with Crippen LogP contribution in [0.3, 0.4) is 0 Å². The van der Waals surface area contributed by atoms with Crippen LogP contribution in [0.15, 0.2) is 28.8 Å². The van der Waals surface area contributed by atoms with E-state index >= 15 is 0 Å². The number of aromatic hydroxyl groups is 1. The lowest BCUT2D eigenvalue weighted by atomic mass is 9.82. The number of hydrogen-bond acceptors (Lipinski definition) is 5. The predicted molar refractivity (Wildman–Crippen MR) is 72.7 cm³/mol. The fraction of sp³-hybridized carbons (Fsp3) is 0.429. The van der Waals surface area contributed by atoms with Crippen LogP contribution in [-0.4, -0.2) is 21.8 Å². The van der Waals surface area contributed by atoms with Gasteiger partial charge in [-0.25, -0.2) is 0 Å². The fourth-order valence-electron chi connectivity index (χ4n) is 2.10. The van der Waals surface area contributed by atoms with E-state index in [1.165, 1.54) is 0 Å². The molecule has 0 unspecified atom stereocenters. The van der Waals surface area contributed by atoms with Gasteiger partial charge in [0.1, 0.15) is 5.75 Å². The van der Waals surface area contributed by atoms with E-state index in [-0.39, 0.29) is 11.2 Å². The number of aromatic nitrogens is 2. The van der Waals surface area contributed by atoms with Crippen molar-refractivity contribution in [3.63, 3.8) is 0 Å². The topological polar surface area (TPSA) is 85.2 Å². The van der Waals surface area contributed by atoms with Gasteiger partial charge in [-0.1, -0.05) is 19.0 Å². The number of nitrogens with two attached hydrogens (primary N) is 1. The summed E-state index contributed by atoms with van der Waals surface area (Å²) in [5.41, 5.74) is 6.43. The molecule has 0 fully saturated rings. The highest BCUT2D eigenvalue weighted by atomic mass is 16.5. The summed E-state index contributed by atoms with van der Waals surface area (Å²) in [5.74, 6) is 1.32. The Morgan fingerprint density at radius 3 is 2.37 bits per heavy atom. The van der Waals surface area contributed by atoms with Crippen LogP contribution in [0.5, 0.6) is 5.75 Å². The molecule has 0 saturated heterocycles. The summed E-state index contributed by atoms with van der Waals surface area (Å²) in [5, 5.41) is 13.3. The van der Waals surface area contributed by atoms with Gasteiger partial charge in [0.05, 0.1) is 5.41 Å². The number of rotatable bonds is 5. The average molecular weight is 261 g/mol. The Morgan fingerprint density at radius 2 is 1.84 bits per heavy atom. The van der Waals surface area contributed by atoms with E-state index in [1.54, 1.807) is 24.3 Å². The Hall–Kier alpha value is -1.88. The maximum atomic E-state index is 9.27. The van der Waals surface area contributed by atoms with Crippen molar-refractivity contribution in [3.8, 4) is 17.1 Å². The van der Waals surface area contributed by atoms with Gasteiger partial charge in [-0.15, -0.1) is 0 Å². The molecular weight excluding hydrogens is 242 g/mol. The van der Waals surface area contributed by atoms with Crippen LogP contribution in [0, 0.1) is 0 Å². The van der Waals surface area contributed by atoms with Gasteiger partial charge in [-0.2, -0.15) is 4.98 Å². The molecule has 5 nitrogen and oxygen atoms in total. The monoisotopic (exact) mass is 261 g/mol. The Morgan fingerprint density at radius 1 is 1.21 bits per heavy atom. The van der Waals surface area contributed by atoms with Crippen molar-refractivity contribution in [3.05, 3.63) is 30.2 Å². The second kappa shape index (κ2) is 5.40. The van der Waals surface area contributed by atoms with E-state index < -0.39 is 0 Å². The van der Waals surface area contributed by atoms with E-state index in [9.17, 15) is 5.11 Å². The molecule has 1 heterocycles. The molecular formula is C14H19N3O2. The van der Waals surface area contributed by atoms with Crippen molar-refractivity contribution in [1.29, 1.82) is 0 Å². The molecule has 1 aromatic carbocycles. The molecule has 0 aliphatic carbocycles. The van der Waals surface area contributed by atoms with E-state index in [2.05, 4.69) is 24.0 Å². The highest BCUT2D eigenvalue weighted by molar-refractivity contribution is 5.55. The molecule has 0 amide bonds. The van der Waals surface area contributed by atoms with Gasteiger partial charge in [-0.05, 0) is 37.1 Å². The maximum Gasteiger partial charge on any atom is 0.234 e. The zero-order valence-corrected chi connectivity index (χ0v) is 11.3. The molecule has 0 atom stereocenters. The minimum absolute atomic E-state index is 0.214. The summed E-state index contributed by atoms with van der Waals surface area (Å²) in [6.45, 7) is 4.62. The number of benzene rings is 1. The van der Waals surface area contributed by atoms with Crippen molar-refractivity contribution in [2.45, 2.75) is 32.1 Å². The largest absolute Gasteiger partial charge is 0.508 e. The van der Waals surface area contributed by atoms with Gasteiger partial charge in [0.25, 0.3) is 0 Å². The van der Waals surface area contributed by atoms with Crippen LogP contribution in [0.2, 0.25) is 0 Å². The summed E-state index contributed by atoms with van der Waals surface area (Å²) >= 11 is 0. The number of nitrogens with zero attached hydrogens (tertiary/aromatic N) is 2. The molecule has 5 heteroatoms. The summed E-state index contributed by atoms with van der Waals surface area (Å²) < 4.78 is 5.38. The quantitative estimate of drug-likeness (QED) is 0.863. The van der Waals surface area contributed by atoms with Crippen molar-refractivity contribution in [2.75, 3.05) is 6.54 Å². The third-order valence-corrected chi connectivity index (χ3v) is 3.75. The maximum absolute atomic E-state index is 9.27. The first-order valence-corrected chi connectivity index (χ1v) is 6.49. The Bertz CT molecular complexity index is 522. The van der Waals surface area contributed by atoms with Gasteiger partial charge in [0.2, 0.25) is 11.7 Å². The molecule has 0 aliphatic rings. The average Bonchev–Trinajstić information content (AvgIpc) is 2.93. The Labute approximate surface area is 112 Å². The van der Waals surface area contributed by atoms with Crippen LogP contribution in [-0.2, 0) is 5.41 Å². The number of phenols is 1. The highest BCUT2D eigenvalue weighted by Crippen LogP contribution is 2.30. The molecule has 2 rings (SSSR count).